The number of thiazole rings is 1. The van der Waals surface area contributed by atoms with Crippen molar-refractivity contribution in [2.45, 2.75) is 32.0 Å². The van der Waals surface area contributed by atoms with Crippen molar-refractivity contribution in [2.75, 3.05) is 13.1 Å². The lowest BCUT2D eigenvalue weighted by atomic mass is 10.0. The number of piperidine rings is 1. The molecular weight excluding hydrogens is 338 g/mol. The van der Waals surface area contributed by atoms with E-state index in [1.54, 1.807) is 17.4 Å². The summed E-state index contributed by atoms with van der Waals surface area (Å²) in [5, 5.41) is 25.0. The molecule has 3 rings (SSSR count). The average Bonchev–Trinajstić information content (AvgIpc) is 3.02. The molecule has 7 nitrogen and oxygen atoms in total. The molecular formula is C17H19N5O2S. The standard InChI is InChI=1S/C17H19N5O2S/c1-11-20-14(10-25-11)8-22-5-4-15(16(23)9-22)21-17(24)12-2-3-13(6-18)19-7-12/h2-3,7,10,15-16,23H,4-5,8-9H2,1H3,(H,21,24)/t15-,16-/m1/s1. The predicted octanol–water partition coefficient (Wildman–Crippen LogP) is 1.08. The first-order valence-corrected chi connectivity index (χ1v) is 8.91. The number of nitrogens with zero attached hydrogens (tertiary/aromatic N) is 4. The Hall–Kier alpha value is -2.34. The number of nitriles is 1. The zero-order chi connectivity index (χ0) is 17.8. The zero-order valence-corrected chi connectivity index (χ0v) is 14.7. The van der Waals surface area contributed by atoms with E-state index in [9.17, 15) is 9.90 Å². The number of aliphatic hydroxyl groups is 1. The van der Waals surface area contributed by atoms with Crippen LogP contribution in [0.2, 0.25) is 0 Å². The highest BCUT2D eigenvalue weighted by molar-refractivity contribution is 7.09. The molecule has 0 bridgehead atoms. The predicted molar refractivity (Wildman–Crippen MR) is 93.0 cm³/mol. The number of β-amino-alcohol motifs (C(OH)–C–C–N with tert-alkyl or cyclic N) is 1. The van der Waals surface area contributed by atoms with Gasteiger partial charge in [-0.2, -0.15) is 5.26 Å². The lowest BCUT2D eigenvalue weighted by Gasteiger charge is -2.35. The molecule has 3 heterocycles. The molecule has 2 aromatic heterocycles. The normalized spacial score (nSPS) is 20.8. The molecule has 1 fully saturated rings. The van der Waals surface area contributed by atoms with Gasteiger partial charge < -0.3 is 10.4 Å². The van der Waals surface area contributed by atoms with Gasteiger partial charge in [-0.25, -0.2) is 9.97 Å². The summed E-state index contributed by atoms with van der Waals surface area (Å²) in [6.07, 6.45) is 1.41. The maximum Gasteiger partial charge on any atom is 0.253 e. The molecule has 0 unspecified atom stereocenters. The number of aromatic nitrogens is 2. The van der Waals surface area contributed by atoms with Crippen LogP contribution in [0.1, 0.15) is 33.2 Å². The van der Waals surface area contributed by atoms with Crippen molar-refractivity contribution in [3.05, 3.63) is 45.7 Å². The van der Waals surface area contributed by atoms with E-state index < -0.39 is 6.10 Å². The number of pyridine rings is 1. The third-order valence-corrected chi connectivity index (χ3v) is 5.00. The van der Waals surface area contributed by atoms with E-state index in [0.29, 0.717) is 25.1 Å². The average molecular weight is 357 g/mol. The van der Waals surface area contributed by atoms with Crippen molar-refractivity contribution in [1.82, 2.24) is 20.2 Å². The van der Waals surface area contributed by atoms with Crippen LogP contribution in [-0.2, 0) is 6.54 Å². The van der Waals surface area contributed by atoms with Crippen LogP contribution in [0, 0.1) is 18.3 Å². The van der Waals surface area contributed by atoms with Gasteiger partial charge in [0, 0.05) is 31.2 Å². The monoisotopic (exact) mass is 357 g/mol. The van der Waals surface area contributed by atoms with Gasteiger partial charge in [-0.3, -0.25) is 9.69 Å². The fourth-order valence-corrected chi connectivity index (χ4v) is 3.47. The molecule has 0 saturated carbocycles. The van der Waals surface area contributed by atoms with Crippen LogP contribution in [0.4, 0.5) is 0 Å². The van der Waals surface area contributed by atoms with E-state index in [-0.39, 0.29) is 17.6 Å². The van der Waals surface area contributed by atoms with E-state index in [1.165, 1.54) is 12.3 Å². The number of nitrogens with one attached hydrogen (secondary N) is 1. The molecule has 0 radical (unpaired) electrons. The summed E-state index contributed by atoms with van der Waals surface area (Å²) in [5.41, 5.74) is 1.66. The number of amides is 1. The fourth-order valence-electron chi connectivity index (χ4n) is 2.87. The summed E-state index contributed by atoms with van der Waals surface area (Å²) in [4.78, 5) is 22.7. The Morgan fingerprint density at radius 3 is 3.00 bits per heavy atom. The van der Waals surface area contributed by atoms with Crippen molar-refractivity contribution in [3.63, 3.8) is 0 Å². The van der Waals surface area contributed by atoms with E-state index in [0.717, 1.165) is 17.2 Å². The van der Waals surface area contributed by atoms with Crippen LogP contribution >= 0.6 is 11.3 Å². The molecule has 130 valence electrons. The number of likely N-dealkylation sites (tertiary alicyclic amines) is 1. The highest BCUT2D eigenvalue weighted by atomic mass is 32.1. The Kier molecular flexibility index (Phi) is 5.38. The zero-order valence-electron chi connectivity index (χ0n) is 13.8. The Bertz CT molecular complexity index is 783. The van der Waals surface area contributed by atoms with Crippen LogP contribution in [0.15, 0.2) is 23.7 Å². The number of aryl methyl sites for hydroxylation is 1. The van der Waals surface area contributed by atoms with E-state index in [1.807, 2.05) is 18.4 Å². The van der Waals surface area contributed by atoms with Gasteiger partial charge in [0.25, 0.3) is 5.91 Å². The summed E-state index contributed by atoms with van der Waals surface area (Å²) in [6, 6.07) is 4.69. The number of carbonyl (C=O) groups excluding carboxylic acids is 1. The highest BCUT2D eigenvalue weighted by Crippen LogP contribution is 2.16. The smallest absolute Gasteiger partial charge is 0.253 e. The molecule has 0 aliphatic carbocycles. The first-order valence-electron chi connectivity index (χ1n) is 8.03. The molecule has 0 aromatic carbocycles. The van der Waals surface area contributed by atoms with Crippen molar-refractivity contribution in [3.8, 4) is 6.07 Å². The highest BCUT2D eigenvalue weighted by Gasteiger charge is 2.29. The number of hydrogen-bond donors (Lipinski definition) is 2. The Morgan fingerprint density at radius 1 is 1.56 bits per heavy atom. The van der Waals surface area contributed by atoms with Crippen LogP contribution in [0.5, 0.6) is 0 Å². The lowest BCUT2D eigenvalue weighted by Crippen LogP contribution is -2.53. The molecule has 8 heteroatoms. The van der Waals surface area contributed by atoms with E-state index in [2.05, 4.69) is 20.2 Å². The summed E-state index contributed by atoms with van der Waals surface area (Å²) in [6.45, 7) is 3.96. The second-order valence-electron chi connectivity index (χ2n) is 6.07. The summed E-state index contributed by atoms with van der Waals surface area (Å²) < 4.78 is 0. The summed E-state index contributed by atoms with van der Waals surface area (Å²) in [5.74, 6) is -0.287. The van der Waals surface area contributed by atoms with E-state index >= 15 is 0 Å². The van der Waals surface area contributed by atoms with Crippen molar-refractivity contribution in [2.24, 2.45) is 0 Å². The number of carbonyl (C=O) groups is 1. The van der Waals surface area contributed by atoms with Gasteiger partial charge in [-0.15, -0.1) is 11.3 Å². The maximum atomic E-state index is 12.3. The topological polar surface area (TPSA) is 102 Å². The minimum Gasteiger partial charge on any atom is -0.390 e. The quantitative estimate of drug-likeness (QED) is 0.849. The van der Waals surface area contributed by atoms with Crippen molar-refractivity contribution in [1.29, 1.82) is 5.26 Å². The molecule has 2 aromatic rings. The molecule has 1 aliphatic rings. The summed E-state index contributed by atoms with van der Waals surface area (Å²) >= 11 is 1.62. The van der Waals surface area contributed by atoms with Crippen molar-refractivity contribution < 1.29 is 9.90 Å². The molecule has 1 aliphatic heterocycles. The second kappa shape index (κ2) is 7.70. The first-order chi connectivity index (χ1) is 12.0. The van der Waals surface area contributed by atoms with Crippen LogP contribution in [-0.4, -0.2) is 51.1 Å². The third kappa shape index (κ3) is 4.39. The Balaban J connectivity index is 1.54. The molecule has 2 atom stereocenters. The van der Waals surface area contributed by atoms with Crippen LogP contribution < -0.4 is 5.32 Å². The molecule has 1 amide bonds. The van der Waals surface area contributed by atoms with Gasteiger partial charge in [0.2, 0.25) is 0 Å². The van der Waals surface area contributed by atoms with Crippen LogP contribution in [0.25, 0.3) is 0 Å². The third-order valence-electron chi connectivity index (χ3n) is 4.17. The Labute approximate surface area is 150 Å². The van der Waals surface area contributed by atoms with Gasteiger partial charge in [0.05, 0.1) is 28.4 Å². The van der Waals surface area contributed by atoms with Gasteiger partial charge in [-0.05, 0) is 25.5 Å². The summed E-state index contributed by atoms with van der Waals surface area (Å²) in [7, 11) is 0. The minimum absolute atomic E-state index is 0.266. The number of hydrogen-bond acceptors (Lipinski definition) is 7. The van der Waals surface area contributed by atoms with Crippen molar-refractivity contribution >= 4 is 17.2 Å². The SMILES string of the molecule is Cc1nc(CN2CC[C@@H](NC(=O)c3ccc(C#N)nc3)[C@H](O)C2)cs1. The maximum absolute atomic E-state index is 12.3. The lowest BCUT2D eigenvalue weighted by molar-refractivity contribution is 0.0346. The molecule has 0 spiro atoms. The van der Waals surface area contributed by atoms with Gasteiger partial charge in [-0.1, -0.05) is 0 Å². The minimum atomic E-state index is -0.635. The largest absolute Gasteiger partial charge is 0.390 e. The van der Waals surface area contributed by atoms with Gasteiger partial charge in [0.15, 0.2) is 0 Å². The van der Waals surface area contributed by atoms with Gasteiger partial charge >= 0.3 is 0 Å². The number of aliphatic hydroxyl groups excluding tert-OH is 1. The van der Waals surface area contributed by atoms with E-state index in [4.69, 9.17) is 5.26 Å². The first kappa shape index (κ1) is 17.5. The molecule has 1 saturated heterocycles. The second-order valence-corrected chi connectivity index (χ2v) is 7.14. The Morgan fingerprint density at radius 2 is 2.40 bits per heavy atom. The van der Waals surface area contributed by atoms with Crippen LogP contribution in [0.3, 0.4) is 0 Å². The molecule has 25 heavy (non-hydrogen) atoms. The number of rotatable bonds is 4. The van der Waals surface area contributed by atoms with Gasteiger partial charge in [0.1, 0.15) is 11.8 Å². The molecule has 2 N–H and O–H groups in total. The fraction of sp³-hybridized carbons (Fsp3) is 0.412.